The number of aromatic nitrogens is 1. The van der Waals surface area contributed by atoms with E-state index in [1.807, 2.05) is 12.3 Å². The quantitative estimate of drug-likeness (QED) is 0.183. The van der Waals surface area contributed by atoms with E-state index < -0.39 is 0 Å². The molecule has 1 heterocycles. The Morgan fingerprint density at radius 2 is 0.872 bits per heavy atom. The molecule has 0 saturated heterocycles. The van der Waals surface area contributed by atoms with Crippen molar-refractivity contribution in [3.05, 3.63) is 175 Å². The normalized spacial score (nSPS) is 13.1. The van der Waals surface area contributed by atoms with E-state index in [0.717, 1.165) is 11.3 Å². The van der Waals surface area contributed by atoms with E-state index in [1.54, 1.807) is 0 Å². The second kappa shape index (κ2) is 10.6. The minimum atomic E-state index is -0.0702. The first-order valence-electron chi connectivity index (χ1n) is 16.4. The topological polar surface area (TPSA) is 12.9 Å². The summed E-state index contributed by atoms with van der Waals surface area (Å²) in [6, 6.07) is 57.7. The number of fused-ring (bicyclic) bond motifs is 5. The fraction of sp³-hybridized carbons (Fsp3) is 0.0652. The predicted molar refractivity (Wildman–Crippen MR) is 199 cm³/mol. The zero-order valence-electron chi connectivity index (χ0n) is 26.5. The third-order valence-electron chi connectivity index (χ3n) is 10.1. The fourth-order valence-corrected chi connectivity index (χ4v) is 7.83. The summed E-state index contributed by atoms with van der Waals surface area (Å²) in [7, 11) is 0. The van der Waals surface area contributed by atoms with Crippen molar-refractivity contribution in [2.75, 3.05) is 0 Å². The maximum absolute atomic E-state index is 4.64. The molecule has 222 valence electrons. The summed E-state index contributed by atoms with van der Waals surface area (Å²) in [6.07, 6.45) is 1.87. The summed E-state index contributed by atoms with van der Waals surface area (Å²) in [6.45, 7) is 4.69. The summed E-state index contributed by atoms with van der Waals surface area (Å²) in [4.78, 5) is 4.64. The van der Waals surface area contributed by atoms with E-state index in [0.29, 0.717) is 0 Å². The van der Waals surface area contributed by atoms with Crippen molar-refractivity contribution in [1.29, 1.82) is 0 Å². The lowest BCUT2D eigenvalue weighted by atomic mass is 9.81. The molecule has 0 fully saturated rings. The zero-order chi connectivity index (χ0) is 31.5. The van der Waals surface area contributed by atoms with E-state index in [4.69, 9.17) is 0 Å². The third kappa shape index (κ3) is 4.35. The van der Waals surface area contributed by atoms with Gasteiger partial charge in [-0.25, -0.2) is 0 Å². The van der Waals surface area contributed by atoms with Crippen LogP contribution >= 0.6 is 0 Å². The zero-order valence-corrected chi connectivity index (χ0v) is 26.5. The highest BCUT2D eigenvalue weighted by molar-refractivity contribution is 6.22. The molecule has 1 aliphatic rings. The minimum Gasteiger partial charge on any atom is -0.256 e. The van der Waals surface area contributed by atoms with Gasteiger partial charge in [-0.05, 0) is 108 Å². The first kappa shape index (κ1) is 27.5. The van der Waals surface area contributed by atoms with Crippen LogP contribution in [0.2, 0.25) is 0 Å². The average Bonchev–Trinajstić information content (AvgIpc) is 3.36. The number of pyridine rings is 1. The highest BCUT2D eigenvalue weighted by atomic mass is 14.7. The van der Waals surface area contributed by atoms with Crippen molar-refractivity contribution in [2.24, 2.45) is 0 Å². The van der Waals surface area contributed by atoms with Gasteiger partial charge in [0.1, 0.15) is 0 Å². The van der Waals surface area contributed by atoms with Crippen LogP contribution in [0.15, 0.2) is 164 Å². The Hall–Kier alpha value is -5.79. The molecule has 0 N–H and O–H groups in total. The van der Waals surface area contributed by atoms with Crippen molar-refractivity contribution in [2.45, 2.75) is 19.3 Å². The summed E-state index contributed by atoms with van der Waals surface area (Å²) in [5.74, 6) is 0. The van der Waals surface area contributed by atoms with Crippen LogP contribution in [-0.2, 0) is 5.41 Å². The Morgan fingerprint density at radius 1 is 0.383 bits per heavy atom. The molecule has 1 aliphatic carbocycles. The first-order valence-corrected chi connectivity index (χ1v) is 16.4. The minimum absolute atomic E-state index is 0.0702. The lowest BCUT2D eigenvalue weighted by Crippen LogP contribution is -2.14. The standard InChI is InChI=1S/C46H33N/c1-46(2)41-24-21-33(27-38(41)39-29-34(22-25-42(39)46)43-19-11-12-26-47-43)32-20-23-37-40(28-32)45(31-15-7-4-8-16-31)36-18-10-9-17-35(36)44(37)30-13-5-3-6-14-30/h3-29H,1-2H3. The second-order valence-electron chi connectivity index (χ2n) is 13.1. The van der Waals surface area contributed by atoms with E-state index in [9.17, 15) is 0 Å². The Labute approximate surface area is 275 Å². The van der Waals surface area contributed by atoms with Crippen LogP contribution < -0.4 is 0 Å². The molecule has 0 radical (unpaired) electrons. The van der Waals surface area contributed by atoms with E-state index in [2.05, 4.69) is 170 Å². The second-order valence-corrected chi connectivity index (χ2v) is 13.1. The van der Waals surface area contributed by atoms with Gasteiger partial charge in [0.25, 0.3) is 0 Å². The van der Waals surface area contributed by atoms with Gasteiger partial charge in [-0.15, -0.1) is 0 Å². The maximum atomic E-state index is 4.64. The van der Waals surface area contributed by atoms with Gasteiger partial charge in [-0.1, -0.05) is 141 Å². The molecule has 47 heavy (non-hydrogen) atoms. The smallest absolute Gasteiger partial charge is 0.0702 e. The molecule has 1 nitrogen and oxygen atoms in total. The van der Waals surface area contributed by atoms with E-state index in [-0.39, 0.29) is 5.41 Å². The van der Waals surface area contributed by atoms with Crippen LogP contribution in [0.5, 0.6) is 0 Å². The molecule has 0 bridgehead atoms. The molecule has 1 heteroatoms. The molecule has 1 aromatic heterocycles. The first-order chi connectivity index (χ1) is 23.1. The van der Waals surface area contributed by atoms with Crippen molar-refractivity contribution >= 4 is 21.5 Å². The fourth-order valence-electron chi connectivity index (χ4n) is 7.83. The van der Waals surface area contributed by atoms with Crippen LogP contribution in [0.3, 0.4) is 0 Å². The number of benzene rings is 7. The Morgan fingerprint density at radius 3 is 1.49 bits per heavy atom. The van der Waals surface area contributed by atoms with Gasteiger partial charge in [-0.2, -0.15) is 0 Å². The molecule has 0 atom stereocenters. The largest absolute Gasteiger partial charge is 0.256 e. The highest BCUT2D eigenvalue weighted by Crippen LogP contribution is 2.51. The molecule has 8 aromatic rings. The molecule has 0 saturated carbocycles. The number of hydrogen-bond donors (Lipinski definition) is 0. The summed E-state index contributed by atoms with van der Waals surface area (Å²) < 4.78 is 0. The summed E-state index contributed by atoms with van der Waals surface area (Å²) in [5.41, 5.74) is 14.9. The molecule has 0 spiro atoms. The average molecular weight is 600 g/mol. The van der Waals surface area contributed by atoms with Gasteiger partial charge >= 0.3 is 0 Å². The van der Waals surface area contributed by atoms with Gasteiger partial charge in [0, 0.05) is 17.2 Å². The van der Waals surface area contributed by atoms with Gasteiger partial charge in [-0.3, -0.25) is 4.98 Å². The number of rotatable bonds is 4. The van der Waals surface area contributed by atoms with Crippen LogP contribution in [0, 0.1) is 0 Å². The van der Waals surface area contributed by atoms with Gasteiger partial charge in [0.2, 0.25) is 0 Å². The lowest BCUT2D eigenvalue weighted by Gasteiger charge is -2.22. The van der Waals surface area contributed by atoms with Crippen molar-refractivity contribution in [1.82, 2.24) is 4.98 Å². The number of hydrogen-bond acceptors (Lipinski definition) is 1. The number of nitrogens with zero attached hydrogens (tertiary/aromatic N) is 1. The molecule has 0 amide bonds. The van der Waals surface area contributed by atoms with Crippen molar-refractivity contribution in [3.63, 3.8) is 0 Å². The van der Waals surface area contributed by atoms with Crippen molar-refractivity contribution < 1.29 is 0 Å². The highest BCUT2D eigenvalue weighted by Gasteiger charge is 2.35. The molecular formula is C46H33N. The molecule has 0 aliphatic heterocycles. The van der Waals surface area contributed by atoms with Gasteiger partial charge in [0.15, 0.2) is 0 Å². The van der Waals surface area contributed by atoms with E-state index >= 15 is 0 Å². The van der Waals surface area contributed by atoms with Gasteiger partial charge in [0.05, 0.1) is 5.69 Å². The lowest BCUT2D eigenvalue weighted by molar-refractivity contribution is 0.660. The SMILES string of the molecule is CC1(C)c2ccc(-c3ccc4c(-c5ccccc5)c5ccccc5c(-c5ccccc5)c4c3)cc2-c2cc(-c3ccccn3)ccc21. The molecular weight excluding hydrogens is 567 g/mol. The Bertz CT molecular complexity index is 2460. The van der Waals surface area contributed by atoms with Crippen LogP contribution in [-0.4, -0.2) is 4.98 Å². The molecule has 0 unspecified atom stereocenters. The maximum Gasteiger partial charge on any atom is 0.0702 e. The van der Waals surface area contributed by atoms with Gasteiger partial charge < -0.3 is 0 Å². The predicted octanol–water partition coefficient (Wildman–Crippen LogP) is 12.4. The molecule has 7 aromatic carbocycles. The van der Waals surface area contributed by atoms with Crippen LogP contribution in [0.1, 0.15) is 25.0 Å². The molecule has 9 rings (SSSR count). The van der Waals surface area contributed by atoms with Crippen LogP contribution in [0.4, 0.5) is 0 Å². The summed E-state index contributed by atoms with van der Waals surface area (Å²) in [5, 5.41) is 5.09. The Kier molecular flexibility index (Phi) is 6.23. The monoisotopic (exact) mass is 599 g/mol. The van der Waals surface area contributed by atoms with Crippen LogP contribution in [0.25, 0.3) is 77.3 Å². The summed E-state index contributed by atoms with van der Waals surface area (Å²) >= 11 is 0. The van der Waals surface area contributed by atoms with E-state index in [1.165, 1.54) is 77.2 Å². The third-order valence-corrected chi connectivity index (χ3v) is 10.1. The van der Waals surface area contributed by atoms with Crippen molar-refractivity contribution in [3.8, 4) is 55.8 Å². The Balaban J connectivity index is 1.29.